The number of aromatic nitrogens is 1. The molecule has 0 unspecified atom stereocenters. The molecule has 0 saturated carbocycles. The van der Waals surface area contributed by atoms with Gasteiger partial charge in [-0.15, -0.1) is 0 Å². The van der Waals surface area contributed by atoms with E-state index in [4.69, 9.17) is 4.42 Å². The molecule has 6 heteroatoms. The third kappa shape index (κ3) is 2.71. The van der Waals surface area contributed by atoms with Crippen LogP contribution in [-0.4, -0.2) is 9.91 Å². The van der Waals surface area contributed by atoms with Gasteiger partial charge in [-0.25, -0.2) is 4.98 Å². The maximum absolute atomic E-state index is 11.0. The first-order valence-corrected chi connectivity index (χ1v) is 6.90. The maximum atomic E-state index is 11.0. The Bertz CT molecular complexity index is 797. The van der Waals surface area contributed by atoms with E-state index in [1.807, 2.05) is 24.3 Å². The van der Waals surface area contributed by atoms with Gasteiger partial charge >= 0.3 is 0 Å². The number of nitro benzene ring substituents is 1. The van der Waals surface area contributed by atoms with Gasteiger partial charge in [-0.1, -0.05) is 28.1 Å². The predicted molar refractivity (Wildman–Crippen MR) is 81.7 cm³/mol. The number of benzene rings is 2. The number of nitro groups is 1. The fourth-order valence-electron chi connectivity index (χ4n) is 1.97. The second-order valence-electron chi connectivity index (χ2n) is 4.31. The van der Waals surface area contributed by atoms with Gasteiger partial charge in [0.1, 0.15) is 0 Å². The third-order valence-electron chi connectivity index (χ3n) is 2.96. The Hall–Kier alpha value is -2.47. The predicted octanol–water partition coefficient (Wildman–Crippen LogP) is 4.68. The highest BCUT2D eigenvalue weighted by molar-refractivity contribution is 9.10. The van der Waals surface area contributed by atoms with E-state index >= 15 is 0 Å². The van der Waals surface area contributed by atoms with Crippen LogP contribution in [0.15, 0.2) is 63.6 Å². The van der Waals surface area contributed by atoms with Crippen LogP contribution in [0.4, 0.5) is 5.69 Å². The van der Waals surface area contributed by atoms with Gasteiger partial charge in [0.15, 0.2) is 5.76 Å². The summed E-state index contributed by atoms with van der Waals surface area (Å²) in [5, 5.41) is 11.0. The standard InChI is InChI=1S/C15H9BrN2O3/c16-11-7-5-10(6-8-11)15-17-9-14(21-15)12-3-1-2-4-13(12)18(19)20/h1-9H. The molecule has 0 N–H and O–H groups in total. The Labute approximate surface area is 128 Å². The van der Waals surface area contributed by atoms with Crippen molar-refractivity contribution in [3.63, 3.8) is 0 Å². The van der Waals surface area contributed by atoms with Gasteiger partial charge in [0, 0.05) is 16.1 Å². The molecule has 3 aromatic rings. The summed E-state index contributed by atoms with van der Waals surface area (Å²) in [6.45, 7) is 0. The number of rotatable bonds is 3. The summed E-state index contributed by atoms with van der Waals surface area (Å²) in [6, 6.07) is 13.9. The number of hydrogen-bond acceptors (Lipinski definition) is 4. The lowest BCUT2D eigenvalue weighted by Crippen LogP contribution is -1.90. The fourth-order valence-corrected chi connectivity index (χ4v) is 2.23. The second-order valence-corrected chi connectivity index (χ2v) is 5.23. The van der Waals surface area contributed by atoms with Crippen LogP contribution in [-0.2, 0) is 0 Å². The van der Waals surface area contributed by atoms with Crippen LogP contribution in [0, 0.1) is 10.1 Å². The van der Waals surface area contributed by atoms with E-state index < -0.39 is 4.92 Å². The molecule has 0 saturated heterocycles. The molecule has 0 aliphatic carbocycles. The summed E-state index contributed by atoms with van der Waals surface area (Å²) < 4.78 is 6.61. The zero-order chi connectivity index (χ0) is 14.8. The second kappa shape index (κ2) is 5.49. The summed E-state index contributed by atoms with van der Waals surface area (Å²) >= 11 is 3.36. The van der Waals surface area contributed by atoms with Gasteiger partial charge < -0.3 is 4.42 Å². The van der Waals surface area contributed by atoms with Crippen molar-refractivity contribution >= 4 is 21.6 Å². The summed E-state index contributed by atoms with van der Waals surface area (Å²) in [5.41, 5.74) is 1.22. The number of hydrogen-bond donors (Lipinski definition) is 0. The minimum Gasteiger partial charge on any atom is -0.436 e. The van der Waals surface area contributed by atoms with Crippen LogP contribution in [0.1, 0.15) is 0 Å². The van der Waals surface area contributed by atoms with Gasteiger partial charge in [0.25, 0.3) is 5.69 Å². The van der Waals surface area contributed by atoms with Crippen molar-refractivity contribution in [2.45, 2.75) is 0 Å². The van der Waals surface area contributed by atoms with Crippen molar-refractivity contribution in [3.05, 3.63) is 69.3 Å². The van der Waals surface area contributed by atoms with E-state index in [0.717, 1.165) is 10.0 Å². The molecule has 104 valence electrons. The Morgan fingerprint density at radius 3 is 2.52 bits per heavy atom. The van der Waals surface area contributed by atoms with Crippen LogP contribution < -0.4 is 0 Å². The average Bonchev–Trinajstić information content (AvgIpc) is 2.97. The van der Waals surface area contributed by atoms with E-state index in [9.17, 15) is 10.1 Å². The molecule has 1 heterocycles. The lowest BCUT2D eigenvalue weighted by atomic mass is 10.1. The monoisotopic (exact) mass is 344 g/mol. The van der Waals surface area contributed by atoms with Crippen molar-refractivity contribution in [1.82, 2.24) is 4.98 Å². The zero-order valence-electron chi connectivity index (χ0n) is 10.7. The summed E-state index contributed by atoms with van der Waals surface area (Å²) in [6.07, 6.45) is 1.50. The molecule has 5 nitrogen and oxygen atoms in total. The first kappa shape index (κ1) is 13.5. The summed E-state index contributed by atoms with van der Waals surface area (Å²) in [4.78, 5) is 14.8. The van der Waals surface area contributed by atoms with E-state index in [0.29, 0.717) is 17.2 Å². The topological polar surface area (TPSA) is 69.2 Å². The highest BCUT2D eigenvalue weighted by Crippen LogP contribution is 2.32. The van der Waals surface area contributed by atoms with Crippen LogP contribution in [0.3, 0.4) is 0 Å². The molecule has 0 bridgehead atoms. The lowest BCUT2D eigenvalue weighted by molar-refractivity contribution is -0.384. The molecule has 0 amide bonds. The number of para-hydroxylation sites is 1. The number of nitrogens with zero attached hydrogens (tertiary/aromatic N) is 2. The Balaban J connectivity index is 2.03. The van der Waals surface area contributed by atoms with Crippen LogP contribution in [0.5, 0.6) is 0 Å². The largest absolute Gasteiger partial charge is 0.436 e. The number of halogens is 1. The molecule has 1 aromatic heterocycles. The molecule has 21 heavy (non-hydrogen) atoms. The zero-order valence-corrected chi connectivity index (χ0v) is 12.3. The van der Waals surface area contributed by atoms with E-state index in [1.165, 1.54) is 12.3 Å². The molecule has 3 rings (SSSR count). The summed E-state index contributed by atoms with van der Waals surface area (Å²) in [7, 11) is 0. The summed E-state index contributed by atoms with van der Waals surface area (Å²) in [5.74, 6) is 0.802. The normalized spacial score (nSPS) is 10.5. The molecule has 0 aliphatic rings. The first-order chi connectivity index (χ1) is 10.1. The SMILES string of the molecule is O=[N+]([O-])c1ccccc1-c1cnc(-c2ccc(Br)cc2)o1. The maximum Gasteiger partial charge on any atom is 0.280 e. The third-order valence-corrected chi connectivity index (χ3v) is 3.49. The van der Waals surface area contributed by atoms with E-state index in [-0.39, 0.29) is 5.69 Å². The van der Waals surface area contributed by atoms with Crippen molar-refractivity contribution < 1.29 is 9.34 Å². The molecule has 2 aromatic carbocycles. The van der Waals surface area contributed by atoms with Crippen molar-refractivity contribution in [3.8, 4) is 22.8 Å². The fraction of sp³-hybridized carbons (Fsp3) is 0. The minimum atomic E-state index is -0.433. The Kier molecular flexibility index (Phi) is 3.53. The van der Waals surface area contributed by atoms with Crippen LogP contribution in [0.25, 0.3) is 22.8 Å². The average molecular weight is 345 g/mol. The molecular weight excluding hydrogens is 336 g/mol. The Morgan fingerprint density at radius 1 is 1.10 bits per heavy atom. The van der Waals surface area contributed by atoms with Gasteiger partial charge in [0.2, 0.25) is 5.89 Å². The van der Waals surface area contributed by atoms with E-state index in [1.54, 1.807) is 18.2 Å². The highest BCUT2D eigenvalue weighted by atomic mass is 79.9. The van der Waals surface area contributed by atoms with Crippen molar-refractivity contribution in [2.75, 3.05) is 0 Å². The van der Waals surface area contributed by atoms with Gasteiger partial charge in [-0.3, -0.25) is 10.1 Å². The lowest BCUT2D eigenvalue weighted by Gasteiger charge is -1.99. The molecule has 0 spiro atoms. The Morgan fingerprint density at radius 2 is 1.81 bits per heavy atom. The highest BCUT2D eigenvalue weighted by Gasteiger charge is 2.18. The van der Waals surface area contributed by atoms with Crippen LogP contribution in [0.2, 0.25) is 0 Å². The number of oxazole rings is 1. The van der Waals surface area contributed by atoms with Gasteiger partial charge in [0.05, 0.1) is 16.7 Å². The molecular formula is C15H9BrN2O3. The van der Waals surface area contributed by atoms with Crippen molar-refractivity contribution in [1.29, 1.82) is 0 Å². The first-order valence-electron chi connectivity index (χ1n) is 6.11. The van der Waals surface area contributed by atoms with Crippen LogP contribution >= 0.6 is 15.9 Å². The van der Waals surface area contributed by atoms with E-state index in [2.05, 4.69) is 20.9 Å². The quantitative estimate of drug-likeness (QED) is 0.511. The molecule has 0 fully saturated rings. The van der Waals surface area contributed by atoms with Gasteiger partial charge in [-0.05, 0) is 30.3 Å². The smallest absolute Gasteiger partial charge is 0.280 e. The molecule has 0 aliphatic heterocycles. The molecule has 0 atom stereocenters. The van der Waals surface area contributed by atoms with Gasteiger partial charge in [-0.2, -0.15) is 0 Å². The molecule has 0 radical (unpaired) electrons. The minimum absolute atomic E-state index is 0.00370. The van der Waals surface area contributed by atoms with Crippen molar-refractivity contribution in [2.24, 2.45) is 0 Å².